The zero-order chi connectivity index (χ0) is 21.1. The number of hydrogen-bond acceptors (Lipinski definition) is 4. The lowest BCUT2D eigenvalue weighted by Gasteiger charge is -2.40. The van der Waals surface area contributed by atoms with Crippen molar-refractivity contribution in [3.8, 4) is 0 Å². The van der Waals surface area contributed by atoms with Crippen molar-refractivity contribution in [2.45, 2.75) is 103 Å². The predicted molar refractivity (Wildman–Crippen MR) is 120 cm³/mol. The van der Waals surface area contributed by atoms with E-state index in [-0.39, 0.29) is 28.4 Å². The van der Waals surface area contributed by atoms with Crippen molar-refractivity contribution < 1.29 is 18.3 Å². The van der Waals surface area contributed by atoms with Gasteiger partial charge in [0.1, 0.15) is 12.2 Å². The highest BCUT2D eigenvalue weighted by Crippen LogP contribution is 2.39. The maximum absolute atomic E-state index is 6.56. The molecule has 0 amide bonds. The molecule has 0 aromatic carbocycles. The Morgan fingerprint density at radius 1 is 1.00 bits per heavy atom. The van der Waals surface area contributed by atoms with E-state index < -0.39 is 16.6 Å². The molecule has 0 spiro atoms. The molecule has 0 aliphatic carbocycles. The highest BCUT2D eigenvalue weighted by Gasteiger charge is 2.44. The fraction of sp³-hybridized carbons (Fsp3) is 0.905. The summed E-state index contributed by atoms with van der Waals surface area (Å²) in [5, 5.41) is 0.392. The van der Waals surface area contributed by atoms with E-state index in [0.29, 0.717) is 6.61 Å². The van der Waals surface area contributed by atoms with Gasteiger partial charge in [-0.15, -0.1) is 6.58 Å². The summed E-state index contributed by atoms with van der Waals surface area (Å²) in [6.07, 6.45) is 2.70. The van der Waals surface area contributed by atoms with Crippen molar-refractivity contribution in [2.75, 3.05) is 19.8 Å². The second-order valence-corrected chi connectivity index (χ2v) is 20.3. The average Bonchev–Trinajstić information content (AvgIpc) is 3.31. The van der Waals surface area contributed by atoms with Crippen LogP contribution >= 0.6 is 0 Å². The van der Waals surface area contributed by atoms with Gasteiger partial charge in [-0.3, -0.25) is 0 Å². The minimum Gasteiger partial charge on any atom is -0.417 e. The molecule has 27 heavy (non-hydrogen) atoms. The molecule has 0 N–H and O–H groups in total. The Bertz CT molecular complexity index is 474. The Hall–Kier alpha value is 0.0138. The average molecular weight is 417 g/mol. The van der Waals surface area contributed by atoms with Crippen LogP contribution in [0.4, 0.5) is 0 Å². The zero-order valence-electron chi connectivity index (χ0n) is 19.5. The monoisotopic (exact) mass is 416 g/mol. The molecule has 0 bridgehead atoms. The Balaban J connectivity index is 2.55. The van der Waals surface area contributed by atoms with E-state index in [1.54, 1.807) is 0 Å². The lowest BCUT2D eigenvalue weighted by Crippen LogP contribution is -2.48. The third-order valence-corrected chi connectivity index (χ3v) is 15.4. The van der Waals surface area contributed by atoms with Crippen LogP contribution in [0.5, 0.6) is 0 Å². The predicted octanol–water partition coefficient (Wildman–Crippen LogP) is 5.76. The van der Waals surface area contributed by atoms with Gasteiger partial charge in [0.05, 0.1) is 12.7 Å². The lowest BCUT2D eigenvalue weighted by molar-refractivity contribution is -0.0305. The summed E-state index contributed by atoms with van der Waals surface area (Å²) in [6, 6.07) is 0. The van der Waals surface area contributed by atoms with Crippen LogP contribution < -0.4 is 0 Å². The van der Waals surface area contributed by atoms with Crippen molar-refractivity contribution in [2.24, 2.45) is 0 Å². The highest BCUT2D eigenvalue weighted by molar-refractivity contribution is 6.74. The van der Waals surface area contributed by atoms with Crippen molar-refractivity contribution in [1.29, 1.82) is 0 Å². The van der Waals surface area contributed by atoms with Gasteiger partial charge in [-0.1, -0.05) is 47.6 Å². The smallest absolute Gasteiger partial charge is 0.193 e. The molecule has 1 fully saturated rings. The fourth-order valence-electron chi connectivity index (χ4n) is 2.25. The van der Waals surface area contributed by atoms with Gasteiger partial charge in [0.15, 0.2) is 16.6 Å². The maximum atomic E-state index is 6.56. The summed E-state index contributed by atoms with van der Waals surface area (Å²) in [5.74, 6) is 0. The molecular formula is C21H44O4Si2. The molecule has 1 heterocycles. The minimum absolute atomic E-state index is 0.0792. The van der Waals surface area contributed by atoms with Crippen LogP contribution in [0.1, 0.15) is 48.0 Å². The standard InChI is InChI=1S/C21H44O4Si2/c1-12-17(25-27(10,11)21(5,6)7)19(18-16-23-18)22-14-13-15-24-26(8,9)20(2,3)4/h12,17-19H,1,13-16H2,2-11H3/t17-,18-,19-/m1/s1. The van der Waals surface area contributed by atoms with Crippen LogP contribution in [-0.2, 0) is 18.3 Å². The van der Waals surface area contributed by atoms with Gasteiger partial charge in [-0.25, -0.2) is 0 Å². The van der Waals surface area contributed by atoms with Crippen LogP contribution in [-0.4, -0.2) is 54.8 Å². The van der Waals surface area contributed by atoms with Gasteiger partial charge >= 0.3 is 0 Å². The number of epoxide rings is 1. The maximum Gasteiger partial charge on any atom is 0.193 e. The molecule has 4 nitrogen and oxygen atoms in total. The van der Waals surface area contributed by atoms with Crippen LogP contribution in [0.3, 0.4) is 0 Å². The van der Waals surface area contributed by atoms with Crippen molar-refractivity contribution in [1.82, 2.24) is 0 Å². The zero-order valence-corrected chi connectivity index (χ0v) is 21.5. The third-order valence-electron chi connectivity index (χ3n) is 6.39. The summed E-state index contributed by atoms with van der Waals surface area (Å²) in [7, 11) is -3.58. The van der Waals surface area contributed by atoms with E-state index >= 15 is 0 Å². The molecular weight excluding hydrogens is 372 g/mol. The Morgan fingerprint density at radius 2 is 1.52 bits per heavy atom. The Morgan fingerprint density at radius 3 is 1.93 bits per heavy atom. The summed E-state index contributed by atoms with van der Waals surface area (Å²) in [4.78, 5) is 0. The fourth-order valence-corrected chi connectivity index (χ4v) is 4.60. The molecule has 0 aromatic heterocycles. The summed E-state index contributed by atoms with van der Waals surface area (Å²) >= 11 is 0. The van der Waals surface area contributed by atoms with Gasteiger partial charge < -0.3 is 18.3 Å². The molecule has 1 saturated heterocycles. The van der Waals surface area contributed by atoms with Gasteiger partial charge in [0.25, 0.3) is 0 Å². The molecule has 3 atom stereocenters. The number of ether oxygens (including phenoxy) is 2. The first-order valence-corrected chi connectivity index (χ1v) is 16.1. The quantitative estimate of drug-likeness (QED) is 0.186. The topological polar surface area (TPSA) is 40.2 Å². The normalized spacial score (nSPS) is 21.0. The summed E-state index contributed by atoms with van der Waals surface area (Å²) in [5.41, 5.74) is 0. The van der Waals surface area contributed by atoms with E-state index in [1.807, 2.05) is 6.08 Å². The van der Waals surface area contributed by atoms with Crippen molar-refractivity contribution in [3.05, 3.63) is 12.7 Å². The first kappa shape index (κ1) is 25.1. The Kier molecular flexibility index (Phi) is 8.56. The molecule has 1 rings (SSSR count). The van der Waals surface area contributed by atoms with Crippen LogP contribution in [0.15, 0.2) is 12.7 Å². The summed E-state index contributed by atoms with van der Waals surface area (Å²) in [6.45, 7) is 28.8. The van der Waals surface area contributed by atoms with Crippen LogP contribution in [0.2, 0.25) is 36.3 Å². The highest BCUT2D eigenvalue weighted by atomic mass is 28.4. The van der Waals surface area contributed by atoms with Gasteiger partial charge in [-0.05, 0) is 42.7 Å². The van der Waals surface area contributed by atoms with E-state index in [0.717, 1.165) is 19.6 Å². The van der Waals surface area contributed by atoms with Gasteiger partial charge in [0.2, 0.25) is 0 Å². The molecule has 6 heteroatoms. The molecule has 1 aliphatic heterocycles. The molecule has 0 radical (unpaired) electrons. The van der Waals surface area contributed by atoms with E-state index in [1.165, 1.54) is 0 Å². The SMILES string of the molecule is C=C[C@@H](O[Si](C)(C)C(C)(C)C)[C@@H](OCCCO[Si](C)(C)C(C)(C)C)[C@H]1CO1. The van der Waals surface area contributed by atoms with E-state index in [2.05, 4.69) is 74.3 Å². The van der Waals surface area contributed by atoms with Gasteiger partial charge in [0, 0.05) is 13.2 Å². The van der Waals surface area contributed by atoms with E-state index in [4.69, 9.17) is 18.3 Å². The lowest BCUT2D eigenvalue weighted by atomic mass is 10.1. The molecule has 0 saturated carbocycles. The molecule has 0 unspecified atom stereocenters. The molecule has 1 aliphatic rings. The van der Waals surface area contributed by atoms with Crippen LogP contribution in [0.25, 0.3) is 0 Å². The number of hydrogen-bond donors (Lipinski definition) is 0. The third kappa shape index (κ3) is 7.40. The van der Waals surface area contributed by atoms with E-state index in [9.17, 15) is 0 Å². The largest absolute Gasteiger partial charge is 0.417 e. The van der Waals surface area contributed by atoms with Crippen molar-refractivity contribution in [3.63, 3.8) is 0 Å². The second kappa shape index (κ2) is 9.22. The molecule has 0 aromatic rings. The Labute approximate surface area is 170 Å². The first-order valence-electron chi connectivity index (χ1n) is 10.3. The van der Waals surface area contributed by atoms with Crippen LogP contribution in [0, 0.1) is 0 Å². The minimum atomic E-state index is -1.90. The second-order valence-electron chi connectivity index (χ2n) is 10.7. The first-order chi connectivity index (χ1) is 12.1. The molecule has 160 valence electrons. The number of rotatable bonds is 11. The van der Waals surface area contributed by atoms with Gasteiger partial charge in [-0.2, -0.15) is 0 Å². The summed E-state index contributed by atoms with van der Waals surface area (Å²) < 4.78 is 24.6. The van der Waals surface area contributed by atoms with Crippen molar-refractivity contribution >= 4 is 16.6 Å².